The molecule has 0 aliphatic heterocycles. The zero-order valence-electron chi connectivity index (χ0n) is 14.5. The van der Waals surface area contributed by atoms with Crippen molar-refractivity contribution in [2.24, 2.45) is 0 Å². The van der Waals surface area contributed by atoms with Gasteiger partial charge in [-0.25, -0.2) is 0 Å². The van der Waals surface area contributed by atoms with Crippen LogP contribution < -0.4 is 5.46 Å². The van der Waals surface area contributed by atoms with Crippen molar-refractivity contribution in [3.8, 4) is 5.69 Å². The Morgan fingerprint density at radius 2 is 1.19 bits per heavy atom. The van der Waals surface area contributed by atoms with Gasteiger partial charge in [0.25, 0.3) is 0 Å². The quantitative estimate of drug-likeness (QED) is 0.362. The molecule has 2 heterocycles. The third kappa shape index (κ3) is 2.03. The van der Waals surface area contributed by atoms with E-state index in [2.05, 4.69) is 65.2 Å². The molecule has 0 N–H and O–H groups in total. The molecule has 2 aromatic heterocycles. The van der Waals surface area contributed by atoms with Gasteiger partial charge in [0.15, 0.2) is 0 Å². The average Bonchev–Trinajstić information content (AvgIpc) is 3.23. The van der Waals surface area contributed by atoms with Crippen molar-refractivity contribution < 1.29 is 4.42 Å². The third-order valence-electron chi connectivity index (χ3n) is 5.32. The number of hydrogen-bond acceptors (Lipinski definition) is 1. The Balaban J connectivity index is 1.74. The fraction of sp³-hybridized carbons (Fsp3) is 0. The van der Waals surface area contributed by atoms with Crippen LogP contribution in [0.2, 0.25) is 0 Å². The van der Waals surface area contributed by atoms with Crippen LogP contribution in [0.3, 0.4) is 0 Å². The maximum absolute atomic E-state index is 6.01. The number of rotatable bonds is 1. The van der Waals surface area contributed by atoms with Crippen molar-refractivity contribution in [3.63, 3.8) is 0 Å². The predicted octanol–water partition coefficient (Wildman–Crippen LogP) is 5.48. The fourth-order valence-electron chi connectivity index (χ4n) is 4.12. The van der Waals surface area contributed by atoms with Gasteiger partial charge in [-0.15, -0.1) is 0 Å². The van der Waals surface area contributed by atoms with E-state index in [-0.39, 0.29) is 0 Å². The van der Waals surface area contributed by atoms with Crippen LogP contribution in [0.25, 0.3) is 49.4 Å². The zero-order valence-corrected chi connectivity index (χ0v) is 14.5. The van der Waals surface area contributed by atoms with Crippen LogP contribution in [0.5, 0.6) is 0 Å². The van der Waals surface area contributed by atoms with Gasteiger partial charge in [0.05, 0.1) is 11.0 Å². The van der Waals surface area contributed by atoms with Gasteiger partial charge in [-0.05, 0) is 36.4 Å². The molecule has 0 amide bonds. The molecular weight excluding hydrogens is 329 g/mol. The topological polar surface area (TPSA) is 18.1 Å². The Labute approximate surface area is 157 Å². The highest BCUT2D eigenvalue weighted by atomic mass is 16.3. The van der Waals surface area contributed by atoms with Crippen molar-refractivity contribution in [3.05, 3.63) is 84.9 Å². The van der Waals surface area contributed by atoms with E-state index >= 15 is 0 Å². The summed E-state index contributed by atoms with van der Waals surface area (Å²) < 4.78 is 8.30. The van der Waals surface area contributed by atoms with E-state index in [1.807, 2.05) is 24.3 Å². The van der Waals surface area contributed by atoms with Gasteiger partial charge < -0.3 is 8.98 Å². The van der Waals surface area contributed by atoms with Gasteiger partial charge in [-0.2, -0.15) is 0 Å². The van der Waals surface area contributed by atoms with E-state index < -0.39 is 0 Å². The molecule has 0 atom stereocenters. The first kappa shape index (κ1) is 14.7. The second kappa shape index (κ2) is 5.27. The van der Waals surface area contributed by atoms with Crippen molar-refractivity contribution in [2.45, 2.75) is 0 Å². The lowest BCUT2D eigenvalue weighted by Crippen LogP contribution is -1.98. The molecule has 27 heavy (non-hydrogen) atoms. The Bertz CT molecular complexity index is 1440. The predicted molar refractivity (Wildman–Crippen MR) is 113 cm³/mol. The van der Waals surface area contributed by atoms with Gasteiger partial charge in [0.2, 0.25) is 0 Å². The fourth-order valence-corrected chi connectivity index (χ4v) is 4.12. The molecule has 3 heteroatoms. The van der Waals surface area contributed by atoms with E-state index in [0.717, 1.165) is 33.1 Å². The molecule has 6 aromatic rings. The highest BCUT2D eigenvalue weighted by molar-refractivity contribution is 6.33. The van der Waals surface area contributed by atoms with Crippen molar-refractivity contribution >= 4 is 57.1 Å². The van der Waals surface area contributed by atoms with Crippen molar-refractivity contribution in [1.82, 2.24) is 4.57 Å². The van der Waals surface area contributed by atoms with Crippen molar-refractivity contribution in [2.75, 3.05) is 0 Å². The van der Waals surface area contributed by atoms with Crippen LogP contribution in [0.4, 0.5) is 0 Å². The molecule has 0 aliphatic rings. The van der Waals surface area contributed by atoms with Gasteiger partial charge in [0, 0.05) is 27.2 Å². The summed E-state index contributed by atoms with van der Waals surface area (Å²) in [5.74, 6) is 0. The molecule has 0 aliphatic carbocycles. The molecule has 0 unspecified atom stereocenters. The molecule has 6 rings (SSSR count). The SMILES string of the molecule is [B]c1ccc2oc3ccc(-n4c5ccccc5c5ccccc54)cc3c2c1. The molecule has 0 bridgehead atoms. The second-order valence-corrected chi connectivity index (χ2v) is 6.91. The minimum Gasteiger partial charge on any atom is -0.456 e. The summed E-state index contributed by atoms with van der Waals surface area (Å²) in [6, 6.07) is 29.2. The number of aromatic nitrogens is 1. The maximum atomic E-state index is 6.01. The molecule has 0 saturated heterocycles. The first-order valence-electron chi connectivity index (χ1n) is 9.00. The summed E-state index contributed by atoms with van der Waals surface area (Å²) in [7, 11) is 6.01. The lowest BCUT2D eigenvalue weighted by atomic mass is 9.94. The summed E-state index contributed by atoms with van der Waals surface area (Å²) in [5, 5.41) is 4.65. The largest absolute Gasteiger partial charge is 0.456 e. The minimum atomic E-state index is 0.743. The molecule has 0 saturated carbocycles. The van der Waals surface area contributed by atoms with Crippen LogP contribution >= 0.6 is 0 Å². The van der Waals surface area contributed by atoms with E-state index in [9.17, 15) is 0 Å². The lowest BCUT2D eigenvalue weighted by Gasteiger charge is -2.08. The van der Waals surface area contributed by atoms with Gasteiger partial charge in [-0.3, -0.25) is 0 Å². The molecule has 0 spiro atoms. The number of hydrogen-bond donors (Lipinski definition) is 0. The highest BCUT2D eigenvalue weighted by Crippen LogP contribution is 2.34. The Hall–Kier alpha value is -3.46. The average molecular weight is 343 g/mol. The van der Waals surface area contributed by atoms with Crippen LogP contribution in [0.1, 0.15) is 0 Å². The number of nitrogens with zero attached hydrogens (tertiary/aromatic N) is 1. The molecule has 124 valence electrons. The summed E-state index contributed by atoms with van der Waals surface area (Å²) in [4.78, 5) is 0. The first-order chi connectivity index (χ1) is 13.3. The second-order valence-electron chi connectivity index (χ2n) is 6.91. The van der Waals surface area contributed by atoms with E-state index in [0.29, 0.717) is 0 Å². The van der Waals surface area contributed by atoms with Crippen LogP contribution in [-0.4, -0.2) is 12.4 Å². The lowest BCUT2D eigenvalue weighted by molar-refractivity contribution is 0.669. The Morgan fingerprint density at radius 1 is 0.593 bits per heavy atom. The molecule has 2 nitrogen and oxygen atoms in total. The number of furan rings is 1. The van der Waals surface area contributed by atoms with E-state index in [4.69, 9.17) is 12.3 Å². The number of benzene rings is 4. The normalized spacial score (nSPS) is 11.9. The third-order valence-corrected chi connectivity index (χ3v) is 5.32. The van der Waals surface area contributed by atoms with Crippen LogP contribution in [0, 0.1) is 0 Å². The standard InChI is InChI=1S/C24H14BNO/c25-15-9-11-23-19(13-15)20-14-16(10-12-24(20)27-23)26-21-7-3-1-5-17(21)18-6-2-4-8-22(18)26/h1-14H. The smallest absolute Gasteiger partial charge is 0.135 e. The van der Waals surface area contributed by atoms with E-state index in [1.54, 1.807) is 0 Å². The first-order valence-corrected chi connectivity index (χ1v) is 9.00. The zero-order chi connectivity index (χ0) is 18.0. The van der Waals surface area contributed by atoms with Gasteiger partial charge in [-0.1, -0.05) is 54.0 Å². The Kier molecular flexibility index (Phi) is 2.87. The van der Waals surface area contributed by atoms with E-state index in [1.165, 1.54) is 21.8 Å². The summed E-state index contributed by atoms with van der Waals surface area (Å²) >= 11 is 0. The molecule has 2 radical (unpaired) electrons. The van der Waals surface area contributed by atoms with Gasteiger partial charge in [0.1, 0.15) is 19.0 Å². The monoisotopic (exact) mass is 343 g/mol. The van der Waals surface area contributed by atoms with Crippen LogP contribution in [-0.2, 0) is 0 Å². The Morgan fingerprint density at radius 3 is 1.89 bits per heavy atom. The molecule has 0 fully saturated rings. The highest BCUT2D eigenvalue weighted by Gasteiger charge is 2.13. The van der Waals surface area contributed by atoms with Crippen molar-refractivity contribution in [1.29, 1.82) is 0 Å². The minimum absolute atomic E-state index is 0.743. The maximum Gasteiger partial charge on any atom is 0.135 e. The van der Waals surface area contributed by atoms with Gasteiger partial charge >= 0.3 is 0 Å². The number of fused-ring (bicyclic) bond motifs is 6. The summed E-state index contributed by atoms with van der Waals surface area (Å²) in [5.41, 5.74) is 5.99. The molecular formula is C24H14BNO. The summed E-state index contributed by atoms with van der Waals surface area (Å²) in [6.45, 7) is 0. The molecule has 4 aromatic carbocycles. The summed E-state index contributed by atoms with van der Waals surface area (Å²) in [6.07, 6.45) is 0. The number of para-hydroxylation sites is 2. The van der Waals surface area contributed by atoms with Crippen LogP contribution in [0.15, 0.2) is 89.3 Å².